The first-order valence-corrected chi connectivity index (χ1v) is 9.53. The molecule has 0 unspecified atom stereocenters. The maximum atomic E-state index is 12.9. The molecule has 1 saturated heterocycles. The number of hydrogen-bond donors (Lipinski definition) is 1. The lowest BCUT2D eigenvalue weighted by molar-refractivity contribution is -0.197. The predicted octanol–water partition coefficient (Wildman–Crippen LogP) is 0.837. The van der Waals surface area contributed by atoms with Gasteiger partial charge < -0.3 is 19.5 Å². The third-order valence-electron chi connectivity index (χ3n) is 3.93. The van der Waals surface area contributed by atoms with Crippen LogP contribution in [-0.4, -0.2) is 76.2 Å². The summed E-state index contributed by atoms with van der Waals surface area (Å²) in [5.41, 5.74) is 0. The molecule has 1 aliphatic heterocycles. The van der Waals surface area contributed by atoms with Crippen molar-refractivity contribution in [3.63, 3.8) is 0 Å². The fourth-order valence-electron chi connectivity index (χ4n) is 2.53. The Bertz CT molecular complexity index is 518. The SMILES string of the molecule is COC1(OC)C[C@@H](C(=O)O)N(C(=O)C(CSC(C)=O)CSC(C)=O)C1. The molecule has 0 aliphatic carbocycles. The number of carbonyl (C=O) groups excluding carboxylic acids is 3. The molecule has 10 heteroatoms. The summed E-state index contributed by atoms with van der Waals surface area (Å²) >= 11 is 1.96. The molecule has 25 heavy (non-hydrogen) atoms. The van der Waals surface area contributed by atoms with Gasteiger partial charge in [0.15, 0.2) is 16.0 Å². The second-order valence-corrected chi connectivity index (χ2v) is 8.04. The molecule has 1 fully saturated rings. The number of aliphatic carboxylic acids is 1. The summed E-state index contributed by atoms with van der Waals surface area (Å²) in [6.45, 7) is 2.75. The van der Waals surface area contributed by atoms with E-state index in [2.05, 4.69) is 0 Å². The van der Waals surface area contributed by atoms with Gasteiger partial charge in [0.1, 0.15) is 6.04 Å². The Morgan fingerprint density at radius 2 is 1.60 bits per heavy atom. The van der Waals surface area contributed by atoms with Gasteiger partial charge in [0.2, 0.25) is 5.91 Å². The first-order valence-electron chi connectivity index (χ1n) is 7.56. The first-order chi connectivity index (χ1) is 11.7. The standard InChI is InChI=1S/C15H23NO7S2/c1-9(17)24-6-11(7-25-10(2)18)13(19)16-8-15(22-3,23-4)5-12(16)14(20)21/h11-12H,5-8H2,1-4H3,(H,20,21)/t12-/m0/s1. The minimum atomic E-state index is -1.18. The van der Waals surface area contributed by atoms with Gasteiger partial charge in [0.05, 0.1) is 12.5 Å². The summed E-state index contributed by atoms with van der Waals surface area (Å²) < 4.78 is 10.6. The van der Waals surface area contributed by atoms with E-state index in [1.165, 1.54) is 33.0 Å². The van der Waals surface area contributed by atoms with Crippen molar-refractivity contribution in [2.24, 2.45) is 5.92 Å². The minimum Gasteiger partial charge on any atom is -0.480 e. The molecule has 1 aliphatic rings. The number of likely N-dealkylation sites (tertiary alicyclic amines) is 1. The number of carboxylic acid groups (broad SMARTS) is 1. The van der Waals surface area contributed by atoms with Crippen LogP contribution in [0.5, 0.6) is 0 Å². The van der Waals surface area contributed by atoms with Gasteiger partial charge in [-0.05, 0) is 0 Å². The van der Waals surface area contributed by atoms with Crippen LogP contribution in [0.15, 0.2) is 0 Å². The molecule has 0 radical (unpaired) electrons. The van der Waals surface area contributed by atoms with Gasteiger partial charge in [-0.3, -0.25) is 14.4 Å². The van der Waals surface area contributed by atoms with E-state index < -0.39 is 29.6 Å². The Kier molecular flexibility index (Phi) is 8.39. The van der Waals surface area contributed by atoms with Crippen molar-refractivity contribution < 1.29 is 33.8 Å². The lowest BCUT2D eigenvalue weighted by atomic mass is 10.1. The summed E-state index contributed by atoms with van der Waals surface area (Å²) in [5, 5.41) is 9.15. The van der Waals surface area contributed by atoms with E-state index in [1.807, 2.05) is 0 Å². The van der Waals surface area contributed by atoms with E-state index in [-0.39, 0.29) is 34.7 Å². The Balaban J connectivity index is 2.99. The summed E-state index contributed by atoms with van der Waals surface area (Å²) in [6, 6.07) is -1.08. The molecular formula is C15H23NO7S2. The summed E-state index contributed by atoms with van der Waals surface area (Å²) in [5.74, 6) is -3.04. The molecule has 1 rings (SSSR count). The van der Waals surface area contributed by atoms with E-state index in [1.54, 1.807) is 0 Å². The first kappa shape index (κ1) is 21.9. The summed E-state index contributed by atoms with van der Waals surface area (Å²) in [6.07, 6.45) is 0.00744. The zero-order valence-electron chi connectivity index (χ0n) is 14.6. The maximum absolute atomic E-state index is 12.9. The highest BCUT2D eigenvalue weighted by Gasteiger charge is 2.50. The van der Waals surface area contributed by atoms with Gasteiger partial charge in [0.25, 0.3) is 0 Å². The van der Waals surface area contributed by atoms with Crippen LogP contribution in [0, 0.1) is 5.92 Å². The van der Waals surface area contributed by atoms with E-state index in [0.29, 0.717) is 0 Å². The highest BCUT2D eigenvalue weighted by atomic mass is 32.2. The second-order valence-electron chi connectivity index (χ2n) is 5.65. The molecule has 0 aromatic heterocycles. The zero-order chi connectivity index (χ0) is 19.2. The van der Waals surface area contributed by atoms with Gasteiger partial charge in [-0.1, -0.05) is 23.5 Å². The Morgan fingerprint density at radius 1 is 1.12 bits per heavy atom. The average molecular weight is 393 g/mol. The van der Waals surface area contributed by atoms with Gasteiger partial charge in [-0.25, -0.2) is 4.79 Å². The molecule has 0 aromatic rings. The molecule has 0 saturated carbocycles. The number of ether oxygens (including phenoxy) is 2. The Labute approximate surface area is 155 Å². The number of thioether (sulfide) groups is 2. The number of nitrogens with zero attached hydrogens (tertiary/aromatic N) is 1. The van der Waals surface area contributed by atoms with E-state index >= 15 is 0 Å². The molecule has 0 aromatic carbocycles. The highest BCUT2D eigenvalue weighted by Crippen LogP contribution is 2.33. The Hall–Kier alpha value is -1.10. The van der Waals surface area contributed by atoms with Crippen molar-refractivity contribution >= 4 is 45.6 Å². The third-order valence-corrected chi connectivity index (χ3v) is 5.88. The van der Waals surface area contributed by atoms with Gasteiger partial charge in [-0.2, -0.15) is 0 Å². The monoisotopic (exact) mass is 393 g/mol. The van der Waals surface area contributed by atoms with Crippen LogP contribution in [-0.2, 0) is 28.7 Å². The molecule has 8 nitrogen and oxygen atoms in total. The number of carboxylic acids is 1. The smallest absolute Gasteiger partial charge is 0.326 e. The van der Waals surface area contributed by atoms with Gasteiger partial charge in [-0.15, -0.1) is 0 Å². The molecule has 1 amide bonds. The lowest BCUT2D eigenvalue weighted by Crippen LogP contribution is -2.46. The molecule has 1 heterocycles. The van der Waals surface area contributed by atoms with Crippen molar-refractivity contribution in [2.75, 3.05) is 32.3 Å². The minimum absolute atomic E-state index is 0.00744. The number of amides is 1. The van der Waals surface area contributed by atoms with Crippen LogP contribution in [0.3, 0.4) is 0 Å². The average Bonchev–Trinajstić information content (AvgIpc) is 2.95. The van der Waals surface area contributed by atoms with Crippen LogP contribution in [0.2, 0.25) is 0 Å². The number of hydrogen-bond acceptors (Lipinski definition) is 8. The van der Waals surface area contributed by atoms with Crippen molar-refractivity contribution in [3.05, 3.63) is 0 Å². The van der Waals surface area contributed by atoms with E-state index in [9.17, 15) is 24.3 Å². The van der Waals surface area contributed by atoms with E-state index in [4.69, 9.17) is 9.47 Å². The van der Waals surface area contributed by atoms with Crippen LogP contribution >= 0.6 is 23.5 Å². The largest absolute Gasteiger partial charge is 0.480 e. The number of rotatable bonds is 8. The van der Waals surface area contributed by atoms with Crippen molar-refractivity contribution in [1.82, 2.24) is 4.90 Å². The van der Waals surface area contributed by atoms with Crippen molar-refractivity contribution in [3.8, 4) is 0 Å². The normalized spacial score (nSPS) is 19.2. The lowest BCUT2D eigenvalue weighted by Gasteiger charge is -2.28. The van der Waals surface area contributed by atoms with Gasteiger partial charge >= 0.3 is 5.97 Å². The molecule has 0 bridgehead atoms. The van der Waals surface area contributed by atoms with Crippen molar-refractivity contribution in [2.45, 2.75) is 32.1 Å². The number of carbonyl (C=O) groups is 4. The van der Waals surface area contributed by atoms with Crippen LogP contribution in [0.1, 0.15) is 20.3 Å². The quantitative estimate of drug-likeness (QED) is 0.600. The molecule has 1 N–H and O–H groups in total. The molecule has 1 atom stereocenters. The van der Waals surface area contributed by atoms with E-state index in [0.717, 1.165) is 23.5 Å². The van der Waals surface area contributed by atoms with Gasteiger partial charge in [0, 0.05) is 46.0 Å². The zero-order valence-corrected chi connectivity index (χ0v) is 16.3. The van der Waals surface area contributed by atoms with Crippen molar-refractivity contribution in [1.29, 1.82) is 0 Å². The third kappa shape index (κ3) is 5.98. The Morgan fingerprint density at radius 3 is 1.96 bits per heavy atom. The summed E-state index contributed by atoms with van der Waals surface area (Å²) in [7, 11) is 2.79. The van der Waals surface area contributed by atoms with Crippen LogP contribution in [0.25, 0.3) is 0 Å². The predicted molar refractivity (Wildman–Crippen MR) is 94.3 cm³/mol. The molecule has 0 spiro atoms. The fraction of sp³-hybridized carbons (Fsp3) is 0.733. The van der Waals surface area contributed by atoms with Crippen LogP contribution in [0.4, 0.5) is 0 Å². The number of methoxy groups -OCH3 is 2. The van der Waals surface area contributed by atoms with Crippen LogP contribution < -0.4 is 0 Å². The highest BCUT2D eigenvalue weighted by molar-refractivity contribution is 8.14. The second kappa shape index (κ2) is 9.56. The fourth-order valence-corrected chi connectivity index (χ4v) is 4.07. The topological polar surface area (TPSA) is 110 Å². The molecule has 142 valence electrons. The molecular weight excluding hydrogens is 370 g/mol. The maximum Gasteiger partial charge on any atom is 0.326 e. The summed E-state index contributed by atoms with van der Waals surface area (Å²) in [4.78, 5) is 48.1.